The summed E-state index contributed by atoms with van der Waals surface area (Å²) in [5.74, 6) is -0.839. The fraction of sp³-hybridized carbons (Fsp3) is 0.250. The molecule has 1 N–H and O–H groups in total. The van der Waals surface area contributed by atoms with Gasteiger partial charge in [-0.3, -0.25) is 14.6 Å². The molecule has 0 amide bonds. The van der Waals surface area contributed by atoms with Gasteiger partial charge in [0.05, 0.1) is 28.5 Å². The van der Waals surface area contributed by atoms with Gasteiger partial charge in [0, 0.05) is 51.5 Å². The van der Waals surface area contributed by atoms with E-state index in [9.17, 15) is 19.1 Å². The highest BCUT2D eigenvalue weighted by Crippen LogP contribution is 2.38. The normalized spacial score (nSPS) is 12.0. The molecule has 0 atom stereocenters. The van der Waals surface area contributed by atoms with Gasteiger partial charge in [-0.25, -0.2) is 9.37 Å². The van der Waals surface area contributed by atoms with Crippen LogP contribution in [0.5, 0.6) is 5.75 Å². The van der Waals surface area contributed by atoms with Gasteiger partial charge >= 0.3 is 5.97 Å². The molecule has 0 fully saturated rings. The van der Waals surface area contributed by atoms with E-state index in [1.165, 1.54) is 12.3 Å². The molecule has 0 aliphatic rings. The van der Waals surface area contributed by atoms with Crippen LogP contribution in [0.15, 0.2) is 97.2 Å². The van der Waals surface area contributed by atoms with Crippen LogP contribution in [-0.2, 0) is 24.4 Å². The summed E-state index contributed by atoms with van der Waals surface area (Å²) in [6.45, 7) is 9.62. The second kappa shape index (κ2) is 12.7. The van der Waals surface area contributed by atoms with E-state index >= 15 is 0 Å². The van der Waals surface area contributed by atoms with E-state index in [1.807, 2.05) is 99.6 Å². The number of carbonyl (C=O) groups excluding carboxylic acids is 1. The van der Waals surface area contributed by atoms with Crippen LogP contribution in [-0.4, -0.2) is 31.4 Å². The van der Waals surface area contributed by atoms with Crippen molar-refractivity contribution in [3.05, 3.63) is 126 Å². The fourth-order valence-electron chi connectivity index (χ4n) is 5.82. The zero-order chi connectivity index (χ0) is 34.2. The van der Waals surface area contributed by atoms with Crippen LogP contribution < -0.4 is 4.74 Å². The first-order valence-corrected chi connectivity index (χ1v) is 15.9. The van der Waals surface area contributed by atoms with Crippen molar-refractivity contribution in [3.8, 4) is 17.0 Å². The van der Waals surface area contributed by atoms with Crippen LogP contribution in [0.3, 0.4) is 0 Å². The summed E-state index contributed by atoms with van der Waals surface area (Å²) in [4.78, 5) is 35.5. The van der Waals surface area contributed by atoms with Gasteiger partial charge in [-0.1, -0.05) is 69.3 Å². The van der Waals surface area contributed by atoms with Crippen molar-refractivity contribution in [1.82, 2.24) is 14.5 Å². The molecule has 3 heterocycles. The summed E-state index contributed by atoms with van der Waals surface area (Å²) in [6, 6.07) is 28.4. The molecule has 0 aliphatic heterocycles. The molecule has 0 bridgehead atoms. The third kappa shape index (κ3) is 6.69. The van der Waals surface area contributed by atoms with Gasteiger partial charge in [0.15, 0.2) is 5.78 Å². The van der Waals surface area contributed by atoms with Gasteiger partial charge in [0.25, 0.3) is 0 Å². The highest BCUT2D eigenvalue weighted by molar-refractivity contribution is 6.12. The Morgan fingerprint density at radius 2 is 1.65 bits per heavy atom. The minimum Gasteiger partial charge on any atom is -0.487 e. The predicted molar refractivity (Wildman–Crippen MR) is 186 cm³/mol. The second-order valence-corrected chi connectivity index (χ2v) is 13.9. The highest BCUT2D eigenvalue weighted by Gasteiger charge is 2.36. The average Bonchev–Trinajstić information content (AvgIpc) is 3.34. The van der Waals surface area contributed by atoms with Crippen LogP contribution in [0.4, 0.5) is 4.39 Å². The summed E-state index contributed by atoms with van der Waals surface area (Å²) in [7, 11) is 0. The van der Waals surface area contributed by atoms with Crippen LogP contribution in [0, 0.1) is 16.6 Å². The van der Waals surface area contributed by atoms with E-state index in [4.69, 9.17) is 9.72 Å². The molecule has 48 heavy (non-hydrogen) atoms. The van der Waals surface area contributed by atoms with Crippen molar-refractivity contribution in [3.63, 3.8) is 0 Å². The van der Waals surface area contributed by atoms with Gasteiger partial charge < -0.3 is 14.4 Å². The molecule has 7 nitrogen and oxygen atoms in total. The SMILES string of the molecule is CC(C)(C)C(=O)c1c(CC(C)(C)C(=O)O)n(Cc2ccc(-c3ccc(F)cn3)cc2)c2ccc(OCc3ccc4ccccc4n3)cc12. The number of fused-ring (bicyclic) bond motifs is 2. The lowest BCUT2D eigenvalue weighted by molar-refractivity contribution is -0.146. The maximum atomic E-state index is 14.2. The molecule has 0 saturated heterocycles. The van der Waals surface area contributed by atoms with Crippen LogP contribution >= 0.6 is 0 Å². The maximum absolute atomic E-state index is 14.2. The van der Waals surface area contributed by atoms with E-state index < -0.39 is 22.6 Å². The quantitative estimate of drug-likeness (QED) is 0.150. The minimum absolute atomic E-state index is 0.0754. The van der Waals surface area contributed by atoms with Gasteiger partial charge in [-0.05, 0) is 61.9 Å². The first-order valence-electron chi connectivity index (χ1n) is 15.9. The Kier molecular flexibility index (Phi) is 8.60. The Hall–Kier alpha value is -5.37. The summed E-state index contributed by atoms with van der Waals surface area (Å²) in [6.07, 6.45) is 1.33. The number of ketones is 1. The lowest BCUT2D eigenvalue weighted by Crippen LogP contribution is -2.29. The zero-order valence-electron chi connectivity index (χ0n) is 27.8. The van der Waals surface area contributed by atoms with Gasteiger partial charge in [-0.2, -0.15) is 0 Å². The summed E-state index contributed by atoms with van der Waals surface area (Å²) < 4.78 is 21.7. The van der Waals surface area contributed by atoms with E-state index in [0.29, 0.717) is 34.6 Å². The number of carboxylic acid groups (broad SMARTS) is 1. The molecule has 8 heteroatoms. The van der Waals surface area contributed by atoms with E-state index in [-0.39, 0.29) is 18.8 Å². The van der Waals surface area contributed by atoms with Crippen LogP contribution in [0.1, 0.15) is 61.9 Å². The molecule has 3 aromatic heterocycles. The van der Waals surface area contributed by atoms with Crippen molar-refractivity contribution < 1.29 is 23.8 Å². The number of nitrogens with zero attached hydrogens (tertiary/aromatic N) is 3. The molecule has 6 aromatic rings. The molecule has 3 aromatic carbocycles. The molecule has 244 valence electrons. The first-order chi connectivity index (χ1) is 22.8. The molecular weight excluding hydrogens is 605 g/mol. The number of aliphatic carboxylic acids is 1. The number of Topliss-reactive ketones (excluding diaryl/α,β-unsaturated/α-hetero) is 1. The molecule has 0 spiro atoms. The fourth-order valence-corrected chi connectivity index (χ4v) is 5.82. The largest absolute Gasteiger partial charge is 0.487 e. The molecular formula is C40H38FN3O4. The highest BCUT2D eigenvalue weighted by atomic mass is 19.1. The van der Waals surface area contributed by atoms with Crippen molar-refractivity contribution in [1.29, 1.82) is 0 Å². The number of carbonyl (C=O) groups is 2. The zero-order valence-corrected chi connectivity index (χ0v) is 27.8. The maximum Gasteiger partial charge on any atom is 0.309 e. The van der Waals surface area contributed by atoms with E-state index in [0.717, 1.165) is 33.2 Å². The Labute approximate surface area is 279 Å². The number of ether oxygens (including phenoxy) is 1. The Bertz CT molecular complexity index is 2140. The lowest BCUT2D eigenvalue weighted by Gasteiger charge is -2.24. The Morgan fingerprint density at radius 1 is 0.896 bits per heavy atom. The first kappa shape index (κ1) is 32.6. The van der Waals surface area contributed by atoms with Crippen LogP contribution in [0.25, 0.3) is 33.1 Å². The van der Waals surface area contributed by atoms with E-state index in [2.05, 4.69) is 9.55 Å². The topological polar surface area (TPSA) is 94.3 Å². The van der Waals surface area contributed by atoms with Gasteiger partial charge in [-0.15, -0.1) is 0 Å². The molecule has 6 rings (SSSR count). The standard InChI is InChI=1S/C40H38FN3O4/c1-39(2,3)37(45)36-31-20-30(48-24-29-16-14-26-8-6-7-9-33(26)43-29)17-19-34(31)44(35(36)21-40(4,5)38(46)47)23-25-10-12-27(13-11-25)32-18-15-28(41)22-42-32/h6-20,22H,21,23-24H2,1-5H3,(H,46,47). The van der Waals surface area contributed by atoms with Gasteiger partial charge in [0.2, 0.25) is 0 Å². The average molecular weight is 644 g/mol. The number of rotatable bonds is 10. The van der Waals surface area contributed by atoms with Crippen molar-refractivity contribution in [2.24, 2.45) is 10.8 Å². The number of benzene rings is 3. The molecule has 0 saturated carbocycles. The number of halogens is 1. The van der Waals surface area contributed by atoms with Crippen molar-refractivity contribution in [2.45, 2.75) is 54.2 Å². The molecule has 0 radical (unpaired) electrons. The van der Waals surface area contributed by atoms with Crippen LogP contribution in [0.2, 0.25) is 0 Å². The summed E-state index contributed by atoms with van der Waals surface area (Å²) >= 11 is 0. The Morgan fingerprint density at radius 3 is 2.33 bits per heavy atom. The molecule has 0 aliphatic carbocycles. The minimum atomic E-state index is -1.14. The number of hydrogen-bond acceptors (Lipinski definition) is 5. The number of carboxylic acids is 1. The monoisotopic (exact) mass is 643 g/mol. The number of aromatic nitrogens is 3. The van der Waals surface area contributed by atoms with Crippen molar-refractivity contribution >= 4 is 33.6 Å². The number of pyridine rings is 2. The second-order valence-electron chi connectivity index (χ2n) is 13.9. The van der Waals surface area contributed by atoms with Gasteiger partial charge in [0.1, 0.15) is 18.2 Å². The third-order valence-corrected chi connectivity index (χ3v) is 8.60. The number of hydrogen-bond donors (Lipinski definition) is 1. The predicted octanol–water partition coefficient (Wildman–Crippen LogP) is 8.90. The third-order valence-electron chi connectivity index (χ3n) is 8.60. The summed E-state index contributed by atoms with van der Waals surface area (Å²) in [5.41, 5.74) is 4.22. The Balaban J connectivity index is 1.43. The lowest BCUT2D eigenvalue weighted by atomic mass is 9.81. The van der Waals surface area contributed by atoms with Crippen molar-refractivity contribution in [2.75, 3.05) is 0 Å². The molecule has 0 unspecified atom stereocenters. The number of para-hydroxylation sites is 1. The van der Waals surface area contributed by atoms with E-state index in [1.54, 1.807) is 19.9 Å². The smallest absolute Gasteiger partial charge is 0.309 e. The summed E-state index contributed by atoms with van der Waals surface area (Å²) in [5, 5.41) is 11.9.